The summed E-state index contributed by atoms with van der Waals surface area (Å²) < 4.78 is 20.9. The van der Waals surface area contributed by atoms with Crippen LogP contribution in [0.4, 0.5) is 0 Å². The van der Waals surface area contributed by atoms with Crippen molar-refractivity contribution in [3.8, 4) is 0 Å². The first-order chi connectivity index (χ1) is 13.1. The van der Waals surface area contributed by atoms with E-state index in [-0.39, 0.29) is 0 Å². The van der Waals surface area contributed by atoms with Crippen LogP contribution in [-0.2, 0) is 47.8 Å². The van der Waals surface area contributed by atoms with Crippen LogP contribution < -0.4 is 5.48 Å². The fourth-order valence-electron chi connectivity index (χ4n) is 2.34. The molecule has 28 heavy (non-hydrogen) atoms. The van der Waals surface area contributed by atoms with Gasteiger partial charge in [0.15, 0.2) is 18.3 Å². The van der Waals surface area contributed by atoms with Gasteiger partial charge in [0, 0.05) is 32.6 Å². The summed E-state index contributed by atoms with van der Waals surface area (Å²) in [5, 5.41) is 2.89. The smallest absolute Gasteiger partial charge is 0.305 e. The van der Waals surface area contributed by atoms with Gasteiger partial charge in [0.25, 0.3) is 0 Å². The number of esters is 3. The molecule has 1 heterocycles. The number of nitrogens with zero attached hydrogens (tertiary/aromatic N) is 3. The SMILES string of the molecule is CC(=O)NO[C@H]1[C@H](OC(C)=O)O[C@H](CON=[N+]=[N-])[C@@H](OC(C)=O)[C@@H]1OC(C)=O. The van der Waals surface area contributed by atoms with Crippen molar-refractivity contribution in [3.63, 3.8) is 0 Å². The highest BCUT2D eigenvalue weighted by molar-refractivity contribution is 5.71. The Morgan fingerprint density at radius 1 is 0.964 bits per heavy atom. The third-order valence-electron chi connectivity index (χ3n) is 3.15. The van der Waals surface area contributed by atoms with Gasteiger partial charge in [-0.3, -0.25) is 24.0 Å². The molecule has 0 aromatic heterocycles. The average molecular weight is 404 g/mol. The first kappa shape index (κ1) is 23.0. The highest BCUT2D eigenvalue weighted by Gasteiger charge is 2.53. The normalized spacial score (nSPS) is 26.2. The lowest BCUT2D eigenvalue weighted by atomic mass is 9.98. The van der Waals surface area contributed by atoms with E-state index in [1.807, 2.05) is 5.48 Å². The van der Waals surface area contributed by atoms with E-state index in [0.29, 0.717) is 0 Å². The molecule has 14 nitrogen and oxygen atoms in total. The number of hydrogen-bond donors (Lipinski definition) is 1. The minimum atomic E-state index is -1.49. The predicted octanol–water partition coefficient (Wildman–Crippen LogP) is -0.184. The Labute approximate surface area is 158 Å². The highest BCUT2D eigenvalue weighted by atomic mass is 16.8. The first-order valence-electron chi connectivity index (χ1n) is 7.91. The number of rotatable bonds is 8. The summed E-state index contributed by atoms with van der Waals surface area (Å²) in [6.45, 7) is 3.97. The van der Waals surface area contributed by atoms with Crippen LogP contribution in [0.1, 0.15) is 27.7 Å². The Balaban J connectivity index is 3.26. The summed E-state index contributed by atoms with van der Waals surface area (Å²) in [6.07, 6.45) is -6.73. The van der Waals surface area contributed by atoms with Crippen molar-refractivity contribution < 1.29 is 47.8 Å². The second-order valence-electron chi connectivity index (χ2n) is 5.51. The molecule has 1 aliphatic rings. The summed E-state index contributed by atoms with van der Waals surface area (Å²) in [5.74, 6) is -2.93. The molecule has 1 fully saturated rings. The molecule has 0 aromatic rings. The largest absolute Gasteiger partial charge is 0.456 e. The van der Waals surface area contributed by atoms with Crippen LogP contribution in [0.2, 0.25) is 0 Å². The maximum Gasteiger partial charge on any atom is 0.305 e. The van der Waals surface area contributed by atoms with Crippen LogP contribution in [0.3, 0.4) is 0 Å². The summed E-state index contributed by atoms with van der Waals surface area (Å²) in [4.78, 5) is 57.9. The Kier molecular flexibility index (Phi) is 8.95. The van der Waals surface area contributed by atoms with Crippen molar-refractivity contribution in [2.75, 3.05) is 6.61 Å². The van der Waals surface area contributed by atoms with Gasteiger partial charge >= 0.3 is 17.9 Å². The van der Waals surface area contributed by atoms with E-state index in [2.05, 4.69) is 15.0 Å². The lowest BCUT2D eigenvalue weighted by molar-refractivity contribution is -0.313. The number of hydrogen-bond acceptors (Lipinski definition) is 11. The van der Waals surface area contributed by atoms with Crippen LogP contribution >= 0.6 is 0 Å². The minimum absolute atomic E-state index is 0.440. The summed E-state index contributed by atoms with van der Waals surface area (Å²) in [6, 6.07) is 0. The molecule has 0 aliphatic carbocycles. The first-order valence-corrected chi connectivity index (χ1v) is 7.91. The zero-order valence-electron chi connectivity index (χ0n) is 15.5. The maximum absolute atomic E-state index is 11.6. The Bertz CT molecular complexity index is 650. The van der Waals surface area contributed by atoms with Crippen LogP contribution in [0, 0.1) is 0 Å². The van der Waals surface area contributed by atoms with Crippen LogP contribution in [0.25, 0.3) is 10.4 Å². The van der Waals surface area contributed by atoms with Crippen LogP contribution in [0.5, 0.6) is 0 Å². The number of nitrogens with one attached hydrogen (secondary N) is 1. The number of azide groups is 1. The molecule has 156 valence electrons. The number of amides is 1. The van der Waals surface area contributed by atoms with Gasteiger partial charge in [-0.1, -0.05) is 0 Å². The molecule has 1 rings (SSSR count). The second-order valence-corrected chi connectivity index (χ2v) is 5.51. The summed E-state index contributed by atoms with van der Waals surface area (Å²) in [5.41, 5.74) is 10.3. The van der Waals surface area contributed by atoms with E-state index in [0.717, 1.165) is 27.7 Å². The minimum Gasteiger partial charge on any atom is -0.456 e. The number of hydroxylamine groups is 1. The van der Waals surface area contributed by atoms with Crippen molar-refractivity contribution in [2.45, 2.75) is 58.4 Å². The molecular weight excluding hydrogens is 384 g/mol. The van der Waals surface area contributed by atoms with Gasteiger partial charge in [-0.2, -0.15) is 0 Å². The van der Waals surface area contributed by atoms with Crippen LogP contribution in [0.15, 0.2) is 5.28 Å². The van der Waals surface area contributed by atoms with E-state index < -0.39 is 61.1 Å². The number of carbonyl (C=O) groups excluding carboxylic acids is 4. The fourth-order valence-corrected chi connectivity index (χ4v) is 2.34. The zero-order chi connectivity index (χ0) is 21.3. The van der Waals surface area contributed by atoms with Crippen molar-refractivity contribution in [2.24, 2.45) is 5.28 Å². The number of ether oxygens (including phenoxy) is 4. The van der Waals surface area contributed by atoms with Gasteiger partial charge in [0.05, 0.1) is 0 Å². The van der Waals surface area contributed by atoms with E-state index in [4.69, 9.17) is 29.3 Å². The van der Waals surface area contributed by atoms with Gasteiger partial charge in [0.1, 0.15) is 18.0 Å². The van der Waals surface area contributed by atoms with Gasteiger partial charge in [-0.05, 0) is 5.53 Å². The molecule has 1 N–H and O–H groups in total. The van der Waals surface area contributed by atoms with Crippen molar-refractivity contribution in [1.29, 1.82) is 0 Å². The molecule has 1 aliphatic heterocycles. The molecule has 1 amide bonds. The Morgan fingerprint density at radius 3 is 2.04 bits per heavy atom. The molecule has 0 saturated carbocycles. The summed E-state index contributed by atoms with van der Waals surface area (Å²) >= 11 is 0. The molecule has 0 unspecified atom stereocenters. The molecular formula is C14H20N4O10. The number of carbonyl (C=O) groups is 4. The Hall–Kier alpha value is -3.09. The lowest BCUT2D eigenvalue weighted by Gasteiger charge is -2.43. The quantitative estimate of drug-likeness (QED) is 0.142. The zero-order valence-corrected chi connectivity index (χ0v) is 15.5. The van der Waals surface area contributed by atoms with Crippen molar-refractivity contribution in [1.82, 2.24) is 5.48 Å². The van der Waals surface area contributed by atoms with E-state index >= 15 is 0 Å². The van der Waals surface area contributed by atoms with E-state index in [1.165, 1.54) is 0 Å². The fraction of sp³-hybridized carbons (Fsp3) is 0.714. The van der Waals surface area contributed by atoms with Crippen molar-refractivity contribution in [3.05, 3.63) is 10.4 Å². The molecule has 0 bridgehead atoms. The monoisotopic (exact) mass is 404 g/mol. The van der Waals surface area contributed by atoms with Gasteiger partial charge in [0.2, 0.25) is 12.2 Å². The topological polar surface area (TPSA) is 184 Å². The predicted molar refractivity (Wildman–Crippen MR) is 85.3 cm³/mol. The van der Waals surface area contributed by atoms with E-state index in [9.17, 15) is 19.2 Å². The van der Waals surface area contributed by atoms with Crippen LogP contribution in [-0.4, -0.2) is 61.1 Å². The highest BCUT2D eigenvalue weighted by Crippen LogP contribution is 2.29. The van der Waals surface area contributed by atoms with Gasteiger partial charge in [-0.15, -0.1) is 0 Å². The second kappa shape index (κ2) is 10.9. The lowest BCUT2D eigenvalue weighted by Crippen LogP contribution is -2.63. The molecule has 1 saturated heterocycles. The third-order valence-corrected chi connectivity index (χ3v) is 3.15. The Morgan fingerprint density at radius 2 is 1.54 bits per heavy atom. The molecule has 14 heteroatoms. The summed E-state index contributed by atoms with van der Waals surface area (Å²) in [7, 11) is 0. The van der Waals surface area contributed by atoms with E-state index in [1.54, 1.807) is 0 Å². The standard InChI is InChI=1S/C14H20N4O10/c1-6(19)16-28-13-12(25-8(3)21)11(24-7(2)20)10(5-23-18-17-15)27-14(13)26-9(4)22/h10-14H,5H2,1-4H3,(H,16,19)/t10-,11-,12+,13-,14-/m1/s1. The molecule has 5 atom stereocenters. The average Bonchev–Trinajstić information content (AvgIpc) is 2.56. The van der Waals surface area contributed by atoms with Crippen molar-refractivity contribution >= 4 is 23.8 Å². The molecule has 0 spiro atoms. The van der Waals surface area contributed by atoms with Gasteiger partial charge < -0.3 is 23.8 Å². The molecule has 0 aromatic carbocycles. The maximum atomic E-state index is 11.6. The molecule has 0 radical (unpaired) electrons. The van der Waals surface area contributed by atoms with Gasteiger partial charge in [-0.25, -0.2) is 5.48 Å². The third kappa shape index (κ3) is 7.26.